The first kappa shape index (κ1) is 15.7. The first-order chi connectivity index (χ1) is 9.78. The van der Waals surface area contributed by atoms with Crippen LogP contribution in [0.15, 0.2) is 12.1 Å². The van der Waals surface area contributed by atoms with Crippen LogP contribution in [-0.4, -0.2) is 38.2 Å². The molecule has 1 heterocycles. The number of anilines is 1. The Morgan fingerprint density at radius 2 is 1.71 bits per heavy atom. The Bertz CT molecular complexity index is 707. The van der Waals surface area contributed by atoms with E-state index in [9.17, 15) is 18.0 Å². The average Bonchev–Trinajstić information content (AvgIpc) is 2.69. The molecule has 1 aromatic rings. The van der Waals surface area contributed by atoms with Crippen LogP contribution >= 0.6 is 0 Å². The Balaban J connectivity index is 2.26. The second kappa shape index (κ2) is 5.60. The second-order valence-corrected chi connectivity index (χ2v) is 7.77. The van der Waals surface area contributed by atoms with Gasteiger partial charge in [-0.15, -0.1) is 0 Å². The quantitative estimate of drug-likeness (QED) is 0.776. The lowest BCUT2D eigenvalue weighted by atomic mass is 10.0. The third-order valence-corrected chi connectivity index (χ3v) is 5.59. The van der Waals surface area contributed by atoms with Gasteiger partial charge in [-0.3, -0.25) is 9.59 Å². The van der Waals surface area contributed by atoms with E-state index in [1.54, 1.807) is 13.8 Å². The van der Waals surface area contributed by atoms with E-state index in [-0.39, 0.29) is 18.1 Å². The van der Waals surface area contributed by atoms with Crippen LogP contribution in [0.5, 0.6) is 0 Å². The minimum Gasteiger partial charge on any atom is -0.304 e. The molecule has 6 heteroatoms. The van der Waals surface area contributed by atoms with Gasteiger partial charge in [-0.1, -0.05) is 19.1 Å². The standard InChI is InChI=1S/C15H19NO4S/c1-4-21(19,20)9-5-8-16-13-11(3)7-6-10(2)12(13)14(17)15(16)18/h6-7H,4-5,8-9H2,1-3H3. The summed E-state index contributed by atoms with van der Waals surface area (Å²) in [4.78, 5) is 25.6. The topological polar surface area (TPSA) is 71.5 Å². The van der Waals surface area contributed by atoms with E-state index in [2.05, 4.69) is 0 Å². The average molecular weight is 309 g/mol. The number of ketones is 1. The summed E-state index contributed by atoms with van der Waals surface area (Å²) in [6, 6.07) is 3.69. The summed E-state index contributed by atoms with van der Waals surface area (Å²) in [6.07, 6.45) is 0.335. The minimum atomic E-state index is -3.06. The smallest absolute Gasteiger partial charge is 0.299 e. The van der Waals surface area contributed by atoms with Gasteiger partial charge in [0.05, 0.1) is 17.0 Å². The summed E-state index contributed by atoms with van der Waals surface area (Å²) < 4.78 is 23.0. The maximum atomic E-state index is 12.1. The Hall–Kier alpha value is -1.69. The van der Waals surface area contributed by atoms with Crippen molar-refractivity contribution in [3.05, 3.63) is 28.8 Å². The summed E-state index contributed by atoms with van der Waals surface area (Å²) in [6.45, 7) is 5.50. The molecule has 1 aromatic carbocycles. The molecule has 1 aliphatic heterocycles. The highest BCUT2D eigenvalue weighted by Gasteiger charge is 2.37. The summed E-state index contributed by atoms with van der Waals surface area (Å²) in [5, 5.41) is 0. The number of nitrogens with zero attached hydrogens (tertiary/aromatic N) is 1. The normalized spacial score (nSPS) is 14.7. The number of benzene rings is 1. The number of hydrogen-bond acceptors (Lipinski definition) is 4. The van der Waals surface area contributed by atoms with Crippen LogP contribution in [0.25, 0.3) is 0 Å². The van der Waals surface area contributed by atoms with Crippen LogP contribution in [0.3, 0.4) is 0 Å². The minimum absolute atomic E-state index is 0.0294. The van der Waals surface area contributed by atoms with E-state index in [4.69, 9.17) is 0 Å². The highest BCUT2D eigenvalue weighted by atomic mass is 32.2. The Morgan fingerprint density at radius 1 is 1.10 bits per heavy atom. The molecule has 1 aliphatic rings. The molecule has 0 aliphatic carbocycles. The van der Waals surface area contributed by atoms with Gasteiger partial charge in [-0.2, -0.15) is 0 Å². The van der Waals surface area contributed by atoms with Gasteiger partial charge in [0, 0.05) is 12.3 Å². The van der Waals surface area contributed by atoms with Crippen molar-refractivity contribution in [2.45, 2.75) is 27.2 Å². The number of carbonyl (C=O) groups excluding carboxylic acids is 2. The maximum absolute atomic E-state index is 12.1. The Labute approximate surface area is 124 Å². The lowest BCUT2D eigenvalue weighted by Crippen LogP contribution is -2.32. The van der Waals surface area contributed by atoms with E-state index < -0.39 is 21.5 Å². The molecule has 2 rings (SSSR count). The Kier molecular flexibility index (Phi) is 4.18. The van der Waals surface area contributed by atoms with Crippen molar-refractivity contribution in [1.29, 1.82) is 0 Å². The molecule has 5 nitrogen and oxygen atoms in total. The number of carbonyl (C=O) groups is 2. The third-order valence-electron chi connectivity index (χ3n) is 3.80. The molecule has 21 heavy (non-hydrogen) atoms. The molecule has 0 aromatic heterocycles. The predicted molar refractivity (Wildman–Crippen MR) is 81.5 cm³/mol. The van der Waals surface area contributed by atoms with Crippen molar-refractivity contribution in [1.82, 2.24) is 0 Å². The van der Waals surface area contributed by atoms with Crippen LogP contribution in [0.4, 0.5) is 5.69 Å². The molecule has 0 spiro atoms. The lowest BCUT2D eigenvalue weighted by molar-refractivity contribution is -0.114. The van der Waals surface area contributed by atoms with Crippen LogP contribution in [0.1, 0.15) is 34.8 Å². The monoisotopic (exact) mass is 309 g/mol. The van der Waals surface area contributed by atoms with Gasteiger partial charge < -0.3 is 4.90 Å². The second-order valence-electron chi connectivity index (χ2n) is 5.30. The van der Waals surface area contributed by atoms with E-state index in [1.807, 2.05) is 19.1 Å². The van der Waals surface area contributed by atoms with Crippen LogP contribution < -0.4 is 4.90 Å². The first-order valence-electron chi connectivity index (χ1n) is 6.95. The molecule has 0 atom stereocenters. The number of sulfone groups is 1. The molecule has 0 N–H and O–H groups in total. The van der Waals surface area contributed by atoms with E-state index >= 15 is 0 Å². The molecule has 0 fully saturated rings. The largest absolute Gasteiger partial charge is 0.304 e. The molecule has 0 saturated heterocycles. The fourth-order valence-electron chi connectivity index (χ4n) is 2.56. The summed E-state index contributed by atoms with van der Waals surface area (Å²) in [5.74, 6) is -0.933. The van der Waals surface area contributed by atoms with Gasteiger partial charge in [-0.05, 0) is 31.4 Å². The van der Waals surface area contributed by atoms with Gasteiger partial charge in [0.2, 0.25) is 0 Å². The van der Waals surface area contributed by atoms with Crippen molar-refractivity contribution in [3.63, 3.8) is 0 Å². The van der Waals surface area contributed by atoms with Crippen LogP contribution in [0, 0.1) is 13.8 Å². The van der Waals surface area contributed by atoms with Crippen LogP contribution in [0.2, 0.25) is 0 Å². The maximum Gasteiger partial charge on any atom is 0.299 e. The first-order valence-corrected chi connectivity index (χ1v) is 8.77. The molecule has 0 unspecified atom stereocenters. The van der Waals surface area contributed by atoms with E-state index in [0.717, 1.165) is 11.1 Å². The molecular weight excluding hydrogens is 290 g/mol. The third kappa shape index (κ3) is 2.85. The molecular formula is C15H19NO4S. The number of hydrogen-bond donors (Lipinski definition) is 0. The highest BCUT2D eigenvalue weighted by Crippen LogP contribution is 2.34. The van der Waals surface area contributed by atoms with Crippen molar-refractivity contribution >= 4 is 27.2 Å². The SMILES string of the molecule is CCS(=O)(=O)CCCN1C(=O)C(=O)c2c(C)ccc(C)c21. The van der Waals surface area contributed by atoms with Crippen LogP contribution in [-0.2, 0) is 14.6 Å². The molecule has 1 amide bonds. The number of Topliss-reactive ketones (excluding diaryl/α,β-unsaturated/α-hetero) is 1. The zero-order valence-corrected chi connectivity index (χ0v) is 13.3. The zero-order valence-electron chi connectivity index (χ0n) is 12.5. The van der Waals surface area contributed by atoms with Gasteiger partial charge in [-0.25, -0.2) is 8.42 Å². The van der Waals surface area contributed by atoms with Crippen molar-refractivity contribution in [2.75, 3.05) is 23.0 Å². The van der Waals surface area contributed by atoms with E-state index in [1.165, 1.54) is 4.90 Å². The molecule has 0 saturated carbocycles. The van der Waals surface area contributed by atoms with Gasteiger partial charge >= 0.3 is 0 Å². The van der Waals surface area contributed by atoms with Crippen molar-refractivity contribution in [3.8, 4) is 0 Å². The summed E-state index contributed by atoms with van der Waals surface area (Å²) >= 11 is 0. The Morgan fingerprint density at radius 3 is 2.33 bits per heavy atom. The fraction of sp³-hybridized carbons (Fsp3) is 0.467. The number of rotatable bonds is 5. The van der Waals surface area contributed by atoms with E-state index in [0.29, 0.717) is 17.7 Å². The molecule has 0 bridgehead atoms. The van der Waals surface area contributed by atoms with Crippen molar-refractivity contribution in [2.24, 2.45) is 0 Å². The number of amides is 1. The molecule has 114 valence electrons. The number of fused-ring (bicyclic) bond motifs is 1. The zero-order chi connectivity index (χ0) is 15.8. The van der Waals surface area contributed by atoms with Crippen molar-refractivity contribution < 1.29 is 18.0 Å². The van der Waals surface area contributed by atoms with Gasteiger partial charge in [0.1, 0.15) is 9.84 Å². The summed E-state index contributed by atoms with van der Waals surface area (Å²) in [7, 11) is -3.06. The lowest BCUT2D eigenvalue weighted by Gasteiger charge is -2.18. The fourth-order valence-corrected chi connectivity index (χ4v) is 3.42. The van der Waals surface area contributed by atoms with Gasteiger partial charge in [0.15, 0.2) is 0 Å². The summed E-state index contributed by atoms with van der Waals surface area (Å²) in [5.41, 5.74) is 2.73. The van der Waals surface area contributed by atoms with Gasteiger partial charge in [0.25, 0.3) is 11.7 Å². The predicted octanol–water partition coefficient (Wildman–Crippen LogP) is 1.66. The molecule has 0 radical (unpaired) electrons. The number of aryl methyl sites for hydroxylation is 2. The highest BCUT2D eigenvalue weighted by molar-refractivity contribution is 7.91.